The Bertz CT molecular complexity index is 294. The normalized spacial score (nSPS) is 38.4. The molecule has 1 N–H and O–H groups in total. The predicted molar refractivity (Wildman–Crippen MR) is 58.9 cm³/mol. The van der Waals surface area contributed by atoms with E-state index >= 15 is 0 Å². The van der Waals surface area contributed by atoms with E-state index in [0.29, 0.717) is 18.4 Å². The molecule has 0 amide bonds. The molecule has 2 aliphatic rings. The summed E-state index contributed by atoms with van der Waals surface area (Å²) in [6, 6.07) is 0. The summed E-state index contributed by atoms with van der Waals surface area (Å²) in [4.78, 5) is 0. The van der Waals surface area contributed by atoms with Gasteiger partial charge in [-0.15, -0.1) is 0 Å². The molecule has 14 heavy (non-hydrogen) atoms. The van der Waals surface area contributed by atoms with Gasteiger partial charge in [-0.3, -0.25) is 0 Å². The first-order valence-corrected chi connectivity index (χ1v) is 5.63. The van der Waals surface area contributed by atoms with Crippen molar-refractivity contribution in [3.8, 4) is 0 Å². The van der Waals surface area contributed by atoms with E-state index in [0.717, 1.165) is 5.92 Å². The highest BCUT2D eigenvalue weighted by molar-refractivity contribution is 5.45. The fraction of sp³-hybridized carbons (Fsp3) is 0.692. The van der Waals surface area contributed by atoms with Crippen LogP contribution in [-0.4, -0.2) is 11.7 Å². The molecule has 2 saturated carbocycles. The molecule has 78 valence electrons. The van der Waals surface area contributed by atoms with Crippen molar-refractivity contribution in [2.45, 2.75) is 33.6 Å². The molecule has 1 nitrogen and oxygen atoms in total. The van der Waals surface area contributed by atoms with E-state index in [2.05, 4.69) is 26.8 Å². The van der Waals surface area contributed by atoms with Crippen LogP contribution in [0.15, 0.2) is 22.8 Å². The molecular weight excluding hydrogens is 172 g/mol. The second kappa shape index (κ2) is 3.54. The van der Waals surface area contributed by atoms with Gasteiger partial charge < -0.3 is 5.11 Å². The second-order valence-electron chi connectivity index (χ2n) is 4.88. The summed E-state index contributed by atoms with van der Waals surface area (Å²) in [5.74, 6) is 1.93. The molecule has 1 heteroatoms. The lowest BCUT2D eigenvalue weighted by Crippen LogP contribution is -2.18. The fourth-order valence-corrected chi connectivity index (χ4v) is 3.42. The topological polar surface area (TPSA) is 20.2 Å². The summed E-state index contributed by atoms with van der Waals surface area (Å²) in [7, 11) is 0. The van der Waals surface area contributed by atoms with Crippen molar-refractivity contribution in [1.29, 1.82) is 0 Å². The lowest BCUT2D eigenvalue weighted by Gasteiger charge is -2.26. The van der Waals surface area contributed by atoms with E-state index in [-0.39, 0.29) is 0 Å². The molecule has 0 aromatic heterocycles. The standard InChI is InChI=1S/C13H20O/c1-4-11-9-5-10(7-14)12(6-9)13(11)8(2)3/h4,9-10,12,14H,5-7H2,1-3H3. The van der Waals surface area contributed by atoms with Crippen LogP contribution in [0.4, 0.5) is 0 Å². The third-order valence-electron chi connectivity index (χ3n) is 3.90. The molecule has 2 bridgehead atoms. The number of rotatable bonds is 1. The van der Waals surface area contributed by atoms with E-state index in [1.165, 1.54) is 18.4 Å². The zero-order valence-electron chi connectivity index (χ0n) is 9.38. The summed E-state index contributed by atoms with van der Waals surface area (Å²) >= 11 is 0. The summed E-state index contributed by atoms with van der Waals surface area (Å²) in [5, 5.41) is 9.30. The van der Waals surface area contributed by atoms with Crippen LogP contribution in [0.25, 0.3) is 0 Å². The van der Waals surface area contributed by atoms with Crippen molar-refractivity contribution >= 4 is 0 Å². The average molecular weight is 192 g/mol. The Morgan fingerprint density at radius 2 is 2.14 bits per heavy atom. The number of aliphatic hydroxyl groups excluding tert-OH is 1. The monoisotopic (exact) mass is 192 g/mol. The van der Waals surface area contributed by atoms with Gasteiger partial charge in [-0.1, -0.05) is 11.6 Å². The highest BCUT2D eigenvalue weighted by atomic mass is 16.3. The van der Waals surface area contributed by atoms with Crippen LogP contribution < -0.4 is 0 Å². The zero-order valence-corrected chi connectivity index (χ0v) is 9.38. The van der Waals surface area contributed by atoms with Gasteiger partial charge in [0.2, 0.25) is 0 Å². The molecule has 2 aliphatic carbocycles. The van der Waals surface area contributed by atoms with E-state index in [4.69, 9.17) is 0 Å². The Balaban J connectivity index is 2.37. The van der Waals surface area contributed by atoms with Gasteiger partial charge in [0.25, 0.3) is 0 Å². The predicted octanol–water partition coefficient (Wildman–Crippen LogP) is 2.92. The summed E-state index contributed by atoms with van der Waals surface area (Å²) in [6.07, 6.45) is 4.77. The SMILES string of the molecule is CC=C1C(=C(C)C)C2CC1CC2CO. The van der Waals surface area contributed by atoms with E-state index in [9.17, 15) is 5.11 Å². The highest BCUT2D eigenvalue weighted by Crippen LogP contribution is 2.55. The smallest absolute Gasteiger partial charge is 0.0465 e. The van der Waals surface area contributed by atoms with Crippen molar-refractivity contribution in [1.82, 2.24) is 0 Å². The molecule has 0 aliphatic heterocycles. The van der Waals surface area contributed by atoms with Gasteiger partial charge in [-0.25, -0.2) is 0 Å². The minimum atomic E-state index is 0.370. The van der Waals surface area contributed by atoms with Gasteiger partial charge in [0.15, 0.2) is 0 Å². The summed E-state index contributed by atoms with van der Waals surface area (Å²) in [6.45, 7) is 6.92. The van der Waals surface area contributed by atoms with Crippen molar-refractivity contribution in [3.63, 3.8) is 0 Å². The minimum absolute atomic E-state index is 0.370. The van der Waals surface area contributed by atoms with Crippen molar-refractivity contribution < 1.29 is 5.11 Å². The fourth-order valence-electron chi connectivity index (χ4n) is 3.42. The maximum Gasteiger partial charge on any atom is 0.0465 e. The molecule has 3 atom stereocenters. The zero-order chi connectivity index (χ0) is 10.3. The van der Waals surface area contributed by atoms with Crippen LogP contribution in [0.2, 0.25) is 0 Å². The highest BCUT2D eigenvalue weighted by Gasteiger charge is 2.45. The molecular formula is C13H20O. The van der Waals surface area contributed by atoms with Crippen LogP contribution >= 0.6 is 0 Å². The molecule has 0 spiro atoms. The molecule has 0 aromatic rings. The van der Waals surface area contributed by atoms with Gasteiger partial charge in [0.05, 0.1) is 0 Å². The first-order chi connectivity index (χ1) is 6.69. The third kappa shape index (κ3) is 1.26. The molecule has 3 unspecified atom stereocenters. The van der Waals surface area contributed by atoms with Crippen LogP contribution in [0.5, 0.6) is 0 Å². The first kappa shape index (κ1) is 9.97. The van der Waals surface area contributed by atoms with E-state index in [1.807, 2.05) is 0 Å². The Morgan fingerprint density at radius 3 is 2.64 bits per heavy atom. The molecule has 0 aromatic carbocycles. The van der Waals surface area contributed by atoms with E-state index in [1.54, 1.807) is 11.1 Å². The average Bonchev–Trinajstić information content (AvgIpc) is 2.72. The van der Waals surface area contributed by atoms with E-state index < -0.39 is 0 Å². The molecule has 0 radical (unpaired) electrons. The van der Waals surface area contributed by atoms with Gasteiger partial charge in [0, 0.05) is 6.61 Å². The maximum absolute atomic E-state index is 9.30. The van der Waals surface area contributed by atoms with Crippen LogP contribution in [0, 0.1) is 17.8 Å². The molecule has 0 saturated heterocycles. The Labute approximate surface area is 86.5 Å². The van der Waals surface area contributed by atoms with Gasteiger partial charge in [-0.05, 0) is 62.5 Å². The van der Waals surface area contributed by atoms with Crippen molar-refractivity contribution in [2.24, 2.45) is 17.8 Å². The summed E-state index contributed by atoms with van der Waals surface area (Å²) < 4.78 is 0. The number of allylic oxidation sites excluding steroid dienone is 4. The van der Waals surface area contributed by atoms with Crippen molar-refractivity contribution in [2.75, 3.05) is 6.61 Å². The molecule has 2 fully saturated rings. The van der Waals surface area contributed by atoms with Gasteiger partial charge in [0.1, 0.15) is 0 Å². The second-order valence-corrected chi connectivity index (χ2v) is 4.88. The molecule has 0 heterocycles. The van der Waals surface area contributed by atoms with Crippen LogP contribution in [0.1, 0.15) is 33.6 Å². The maximum atomic E-state index is 9.30. The number of fused-ring (bicyclic) bond motifs is 2. The largest absolute Gasteiger partial charge is 0.396 e. The van der Waals surface area contributed by atoms with Gasteiger partial charge >= 0.3 is 0 Å². The number of aliphatic hydroxyl groups is 1. The lowest BCUT2D eigenvalue weighted by atomic mass is 9.80. The third-order valence-corrected chi connectivity index (χ3v) is 3.90. The van der Waals surface area contributed by atoms with Crippen LogP contribution in [0.3, 0.4) is 0 Å². The Kier molecular flexibility index (Phi) is 2.52. The minimum Gasteiger partial charge on any atom is -0.396 e. The van der Waals surface area contributed by atoms with Crippen molar-refractivity contribution in [3.05, 3.63) is 22.8 Å². The number of hydrogen-bond acceptors (Lipinski definition) is 1. The van der Waals surface area contributed by atoms with Crippen LogP contribution in [-0.2, 0) is 0 Å². The Morgan fingerprint density at radius 1 is 1.43 bits per heavy atom. The lowest BCUT2D eigenvalue weighted by molar-refractivity contribution is 0.201. The quantitative estimate of drug-likeness (QED) is 0.677. The molecule has 2 rings (SSSR count). The Hall–Kier alpha value is -0.560. The first-order valence-electron chi connectivity index (χ1n) is 5.63. The van der Waals surface area contributed by atoms with Gasteiger partial charge in [-0.2, -0.15) is 0 Å². The summed E-state index contributed by atoms with van der Waals surface area (Å²) in [5.41, 5.74) is 4.58. The number of hydrogen-bond donors (Lipinski definition) is 1.